The van der Waals surface area contributed by atoms with Crippen molar-refractivity contribution in [2.24, 2.45) is 0 Å². The molecule has 2 aromatic rings. The molecule has 0 bridgehead atoms. The van der Waals surface area contributed by atoms with Crippen LogP contribution >= 0.6 is 22.9 Å². The number of aldehydes is 1. The number of thiophene rings is 1. The second kappa shape index (κ2) is 5.48. The molecule has 0 spiro atoms. The quantitative estimate of drug-likeness (QED) is 0.750. The van der Waals surface area contributed by atoms with Crippen molar-refractivity contribution < 1.29 is 4.79 Å². The van der Waals surface area contributed by atoms with Gasteiger partial charge in [0.05, 0.1) is 4.88 Å². The van der Waals surface area contributed by atoms with E-state index in [1.165, 1.54) is 16.0 Å². The molecule has 0 aliphatic carbocycles. The summed E-state index contributed by atoms with van der Waals surface area (Å²) in [6.45, 7) is 2.11. The van der Waals surface area contributed by atoms with E-state index in [1.807, 2.05) is 24.3 Å². The first-order valence-electron chi connectivity index (χ1n) is 5.54. The number of benzene rings is 1. The first-order valence-corrected chi connectivity index (χ1v) is 6.73. The number of carbonyl (C=O) groups is 1. The Morgan fingerprint density at radius 3 is 2.82 bits per heavy atom. The molecule has 0 unspecified atom stereocenters. The maximum Gasteiger partial charge on any atom is 0.160 e. The van der Waals surface area contributed by atoms with Crippen LogP contribution in [0, 0.1) is 0 Å². The molecule has 0 saturated carbocycles. The van der Waals surface area contributed by atoms with E-state index in [-0.39, 0.29) is 0 Å². The molecular weight excluding hydrogens is 252 g/mol. The Hall–Kier alpha value is -1.12. The van der Waals surface area contributed by atoms with Crippen LogP contribution in [-0.4, -0.2) is 6.29 Å². The highest BCUT2D eigenvalue weighted by molar-refractivity contribution is 7.13. The molecule has 1 heterocycles. The van der Waals surface area contributed by atoms with Crippen molar-refractivity contribution >= 4 is 29.2 Å². The van der Waals surface area contributed by atoms with Crippen LogP contribution in [0.25, 0.3) is 0 Å². The summed E-state index contributed by atoms with van der Waals surface area (Å²) in [6, 6.07) is 9.84. The van der Waals surface area contributed by atoms with Gasteiger partial charge in [-0.15, -0.1) is 11.3 Å². The smallest absolute Gasteiger partial charge is 0.160 e. The average molecular weight is 265 g/mol. The lowest BCUT2D eigenvalue weighted by Gasteiger charge is -2.02. The summed E-state index contributed by atoms with van der Waals surface area (Å²) in [4.78, 5) is 12.9. The zero-order chi connectivity index (χ0) is 12.3. The van der Waals surface area contributed by atoms with Crippen LogP contribution in [-0.2, 0) is 12.8 Å². The number of halogens is 1. The van der Waals surface area contributed by atoms with Gasteiger partial charge in [0.25, 0.3) is 0 Å². The van der Waals surface area contributed by atoms with E-state index in [1.54, 1.807) is 11.3 Å². The van der Waals surface area contributed by atoms with Gasteiger partial charge in [0.2, 0.25) is 0 Å². The largest absolute Gasteiger partial charge is 0.297 e. The second-order valence-corrected chi connectivity index (χ2v) is 5.48. The molecule has 2 rings (SSSR count). The highest BCUT2D eigenvalue weighted by atomic mass is 35.5. The predicted octanol–water partition coefficient (Wildman–Crippen LogP) is 4.37. The van der Waals surface area contributed by atoms with Crippen molar-refractivity contribution in [3.05, 3.63) is 56.2 Å². The summed E-state index contributed by atoms with van der Waals surface area (Å²) in [5, 5.41) is 0.756. The molecule has 0 saturated heterocycles. The van der Waals surface area contributed by atoms with Crippen LogP contribution in [0.2, 0.25) is 5.02 Å². The van der Waals surface area contributed by atoms with E-state index >= 15 is 0 Å². The van der Waals surface area contributed by atoms with Gasteiger partial charge in [0.15, 0.2) is 6.29 Å². The summed E-state index contributed by atoms with van der Waals surface area (Å²) in [5.41, 5.74) is 2.42. The van der Waals surface area contributed by atoms with Gasteiger partial charge in [-0.25, -0.2) is 0 Å². The SMILES string of the molecule is CCc1sc(C=O)cc1Cc1cccc(Cl)c1. The minimum absolute atomic E-state index is 0.756. The average Bonchev–Trinajstić information content (AvgIpc) is 2.71. The van der Waals surface area contributed by atoms with E-state index in [4.69, 9.17) is 11.6 Å². The minimum Gasteiger partial charge on any atom is -0.297 e. The molecule has 0 amide bonds. The zero-order valence-corrected chi connectivity index (χ0v) is 11.1. The highest BCUT2D eigenvalue weighted by Crippen LogP contribution is 2.25. The van der Waals surface area contributed by atoms with Gasteiger partial charge in [-0.05, 0) is 42.2 Å². The fourth-order valence-electron chi connectivity index (χ4n) is 1.86. The Kier molecular flexibility index (Phi) is 3.97. The Morgan fingerprint density at radius 2 is 2.18 bits per heavy atom. The zero-order valence-electron chi connectivity index (χ0n) is 9.57. The Balaban J connectivity index is 2.28. The first kappa shape index (κ1) is 12.3. The normalized spacial score (nSPS) is 10.5. The third-order valence-electron chi connectivity index (χ3n) is 2.64. The minimum atomic E-state index is 0.756. The third-order valence-corrected chi connectivity index (χ3v) is 4.12. The fraction of sp³-hybridized carbons (Fsp3) is 0.214. The van der Waals surface area contributed by atoms with Gasteiger partial charge in [0.1, 0.15) is 0 Å². The van der Waals surface area contributed by atoms with Crippen LogP contribution in [0.4, 0.5) is 0 Å². The van der Waals surface area contributed by atoms with Crippen molar-refractivity contribution in [1.82, 2.24) is 0 Å². The summed E-state index contributed by atoms with van der Waals surface area (Å²) < 4.78 is 0. The topological polar surface area (TPSA) is 17.1 Å². The fourth-order valence-corrected chi connectivity index (χ4v) is 3.02. The van der Waals surface area contributed by atoms with Crippen molar-refractivity contribution in [2.45, 2.75) is 19.8 Å². The Labute approximate surface area is 110 Å². The lowest BCUT2D eigenvalue weighted by molar-refractivity contribution is 0.112. The number of carbonyl (C=O) groups excluding carboxylic acids is 1. The van der Waals surface area contributed by atoms with E-state index in [0.29, 0.717) is 0 Å². The lowest BCUT2D eigenvalue weighted by atomic mass is 10.0. The molecule has 0 N–H and O–H groups in total. The lowest BCUT2D eigenvalue weighted by Crippen LogP contribution is -1.89. The van der Waals surface area contributed by atoms with Crippen LogP contribution in [0.15, 0.2) is 30.3 Å². The van der Waals surface area contributed by atoms with E-state index in [9.17, 15) is 4.79 Å². The first-order chi connectivity index (χ1) is 8.22. The van der Waals surface area contributed by atoms with Crippen molar-refractivity contribution in [3.8, 4) is 0 Å². The van der Waals surface area contributed by atoms with Crippen LogP contribution in [0.3, 0.4) is 0 Å². The molecule has 0 atom stereocenters. The van der Waals surface area contributed by atoms with E-state index in [0.717, 1.165) is 29.0 Å². The molecular formula is C14H13ClOS. The van der Waals surface area contributed by atoms with Crippen molar-refractivity contribution in [2.75, 3.05) is 0 Å². The highest BCUT2D eigenvalue weighted by Gasteiger charge is 2.08. The standard InChI is InChI=1S/C14H13ClOS/c1-2-14-11(8-13(9-16)17-14)6-10-4-3-5-12(15)7-10/h3-5,7-9H,2,6H2,1H3. The number of hydrogen-bond donors (Lipinski definition) is 0. The molecule has 1 nitrogen and oxygen atoms in total. The number of aryl methyl sites for hydroxylation is 1. The van der Waals surface area contributed by atoms with Crippen molar-refractivity contribution in [3.63, 3.8) is 0 Å². The van der Waals surface area contributed by atoms with Crippen LogP contribution < -0.4 is 0 Å². The third kappa shape index (κ3) is 2.96. The number of rotatable bonds is 4. The Bertz CT molecular complexity index is 531. The molecule has 0 fully saturated rings. The maximum atomic E-state index is 10.8. The van der Waals surface area contributed by atoms with E-state index < -0.39 is 0 Å². The molecule has 3 heteroatoms. The second-order valence-electron chi connectivity index (χ2n) is 3.88. The summed E-state index contributed by atoms with van der Waals surface area (Å²) in [6.07, 6.45) is 2.73. The van der Waals surface area contributed by atoms with E-state index in [2.05, 4.69) is 13.0 Å². The van der Waals surface area contributed by atoms with Crippen LogP contribution in [0.1, 0.15) is 32.6 Å². The molecule has 0 aliphatic heterocycles. The summed E-state index contributed by atoms with van der Waals surface area (Å²) in [5.74, 6) is 0. The predicted molar refractivity (Wildman–Crippen MR) is 73.3 cm³/mol. The maximum absolute atomic E-state index is 10.8. The molecule has 0 radical (unpaired) electrons. The molecule has 1 aromatic heterocycles. The van der Waals surface area contributed by atoms with Gasteiger partial charge in [-0.2, -0.15) is 0 Å². The monoisotopic (exact) mass is 264 g/mol. The molecule has 1 aromatic carbocycles. The molecule has 0 aliphatic rings. The van der Waals surface area contributed by atoms with Crippen molar-refractivity contribution in [1.29, 1.82) is 0 Å². The number of hydrogen-bond acceptors (Lipinski definition) is 2. The summed E-state index contributed by atoms with van der Waals surface area (Å²) in [7, 11) is 0. The van der Waals surface area contributed by atoms with Gasteiger partial charge >= 0.3 is 0 Å². The van der Waals surface area contributed by atoms with Gasteiger partial charge < -0.3 is 0 Å². The molecule has 88 valence electrons. The van der Waals surface area contributed by atoms with Crippen LogP contribution in [0.5, 0.6) is 0 Å². The molecule has 17 heavy (non-hydrogen) atoms. The van der Waals surface area contributed by atoms with Gasteiger partial charge in [-0.1, -0.05) is 30.7 Å². The van der Waals surface area contributed by atoms with Gasteiger partial charge in [-0.3, -0.25) is 4.79 Å². The Morgan fingerprint density at radius 1 is 1.35 bits per heavy atom. The van der Waals surface area contributed by atoms with Gasteiger partial charge in [0, 0.05) is 9.90 Å². The summed E-state index contributed by atoms with van der Waals surface area (Å²) >= 11 is 7.55.